The first-order chi connectivity index (χ1) is 16.3. The Labute approximate surface area is 191 Å². The van der Waals surface area contributed by atoms with Crippen LogP contribution in [0.15, 0.2) is 66.4 Å². The van der Waals surface area contributed by atoms with Crippen LogP contribution in [0, 0.1) is 5.92 Å². The van der Waals surface area contributed by atoms with Crippen LogP contribution in [-0.4, -0.2) is 62.8 Å². The third-order valence-corrected chi connectivity index (χ3v) is 5.27. The van der Waals surface area contributed by atoms with Crippen LogP contribution in [0.1, 0.15) is 22.1 Å². The van der Waals surface area contributed by atoms with Crippen LogP contribution in [0.3, 0.4) is 0 Å². The second-order valence-electron chi connectivity index (χ2n) is 7.71. The predicted octanol–water partition coefficient (Wildman–Crippen LogP) is 1.55. The van der Waals surface area contributed by atoms with Crippen LogP contribution in [0.2, 0.25) is 0 Å². The molecule has 0 spiro atoms. The van der Waals surface area contributed by atoms with Crippen molar-refractivity contribution in [3.8, 4) is 0 Å². The van der Waals surface area contributed by atoms with Gasteiger partial charge in [0.15, 0.2) is 17.2 Å². The van der Waals surface area contributed by atoms with Crippen LogP contribution < -0.4 is 10.6 Å². The van der Waals surface area contributed by atoms with Gasteiger partial charge in [-0.15, -0.1) is 0 Å². The van der Waals surface area contributed by atoms with Crippen molar-refractivity contribution in [2.24, 2.45) is 5.92 Å². The Morgan fingerprint density at radius 2 is 2.09 bits per heavy atom. The molecule has 3 atom stereocenters. The highest BCUT2D eigenvalue weighted by atomic mass is 19.4. The van der Waals surface area contributed by atoms with E-state index in [1.54, 1.807) is 18.2 Å². The van der Waals surface area contributed by atoms with Crippen LogP contribution in [0.4, 0.5) is 13.2 Å². The zero-order valence-electron chi connectivity index (χ0n) is 17.7. The van der Waals surface area contributed by atoms with Crippen molar-refractivity contribution in [1.82, 2.24) is 25.2 Å². The summed E-state index contributed by atoms with van der Waals surface area (Å²) in [4.78, 5) is 17.0. The molecule has 12 heteroatoms. The van der Waals surface area contributed by atoms with Gasteiger partial charge in [0.2, 0.25) is 0 Å². The molecule has 9 nitrogen and oxygen atoms in total. The summed E-state index contributed by atoms with van der Waals surface area (Å²) in [5, 5.41) is 28.1. The fourth-order valence-corrected chi connectivity index (χ4v) is 3.53. The van der Waals surface area contributed by atoms with Crippen molar-refractivity contribution in [1.29, 1.82) is 0 Å². The van der Waals surface area contributed by atoms with Gasteiger partial charge in [-0.2, -0.15) is 18.3 Å². The number of nitrogens with one attached hydrogen (secondary N) is 2. The Morgan fingerprint density at radius 3 is 2.79 bits per heavy atom. The number of halogens is 3. The Hall–Kier alpha value is -3.64. The van der Waals surface area contributed by atoms with E-state index in [1.807, 2.05) is 0 Å². The Morgan fingerprint density at radius 1 is 1.29 bits per heavy atom. The zero-order chi connectivity index (χ0) is 24.3. The molecule has 0 radical (unpaired) electrons. The quantitative estimate of drug-likeness (QED) is 0.478. The summed E-state index contributed by atoms with van der Waals surface area (Å²) in [7, 11) is 0. The molecular weight excluding hydrogens is 455 g/mol. The highest BCUT2D eigenvalue weighted by Gasteiger charge is 2.44. The first kappa shape index (κ1) is 23.5. The van der Waals surface area contributed by atoms with E-state index in [4.69, 9.17) is 9.84 Å². The lowest BCUT2D eigenvalue weighted by Gasteiger charge is -2.25. The Kier molecular flexibility index (Phi) is 6.70. The SMILES string of the molecule is O=C(NC1=CC=C(OCC(O)CO)NC1)c1cnc2ccc(C3C=CC=CC3C(F)(F)F)nn12. The minimum atomic E-state index is -4.44. The molecule has 3 unspecified atom stereocenters. The van der Waals surface area contributed by atoms with Gasteiger partial charge in [-0.05, 0) is 24.3 Å². The van der Waals surface area contributed by atoms with Gasteiger partial charge in [0.25, 0.3) is 5.91 Å². The molecule has 0 bridgehead atoms. The van der Waals surface area contributed by atoms with Crippen molar-refractivity contribution in [3.05, 3.63) is 77.8 Å². The number of hydrogen-bond acceptors (Lipinski definition) is 7. The van der Waals surface area contributed by atoms with E-state index in [-0.39, 0.29) is 24.5 Å². The fourth-order valence-electron chi connectivity index (χ4n) is 3.53. The number of ether oxygens (including phenoxy) is 1. The van der Waals surface area contributed by atoms with Crippen molar-refractivity contribution >= 4 is 11.6 Å². The Bertz CT molecular complexity index is 1180. The number of allylic oxidation sites excluding steroid dienone is 6. The zero-order valence-corrected chi connectivity index (χ0v) is 17.7. The van der Waals surface area contributed by atoms with Crippen LogP contribution >= 0.6 is 0 Å². The molecule has 0 fully saturated rings. The average molecular weight is 477 g/mol. The van der Waals surface area contributed by atoms with Crippen molar-refractivity contribution in [2.75, 3.05) is 19.8 Å². The largest absolute Gasteiger partial charge is 0.476 e. The maximum Gasteiger partial charge on any atom is 0.396 e. The molecule has 2 aliphatic rings. The van der Waals surface area contributed by atoms with E-state index in [2.05, 4.69) is 20.7 Å². The molecule has 1 aliphatic carbocycles. The van der Waals surface area contributed by atoms with E-state index in [1.165, 1.54) is 35.0 Å². The predicted molar refractivity (Wildman–Crippen MR) is 114 cm³/mol. The second-order valence-corrected chi connectivity index (χ2v) is 7.71. The molecule has 34 heavy (non-hydrogen) atoms. The maximum atomic E-state index is 13.5. The number of rotatable bonds is 7. The second kappa shape index (κ2) is 9.69. The normalized spacial score (nSPS) is 21.0. The van der Waals surface area contributed by atoms with E-state index in [0.717, 1.165) is 6.08 Å². The lowest BCUT2D eigenvalue weighted by atomic mass is 9.85. The summed E-state index contributed by atoms with van der Waals surface area (Å²) in [6.45, 7) is -0.305. The number of imidazole rings is 1. The molecule has 0 aromatic carbocycles. The lowest BCUT2D eigenvalue weighted by Crippen LogP contribution is -2.33. The van der Waals surface area contributed by atoms with Crippen molar-refractivity contribution in [2.45, 2.75) is 18.2 Å². The number of carbonyl (C=O) groups excluding carboxylic acids is 1. The van der Waals surface area contributed by atoms with Crippen LogP contribution in [0.5, 0.6) is 0 Å². The molecule has 2 aromatic heterocycles. The summed E-state index contributed by atoms with van der Waals surface area (Å²) in [5.41, 5.74) is 1.05. The summed E-state index contributed by atoms with van der Waals surface area (Å²) in [6, 6.07) is 3.00. The summed E-state index contributed by atoms with van der Waals surface area (Å²) in [5.74, 6) is -2.92. The number of dihydropyridines is 1. The Balaban J connectivity index is 1.51. The fraction of sp³-hybridized carbons (Fsp3) is 0.318. The van der Waals surface area contributed by atoms with Crippen molar-refractivity contribution in [3.63, 3.8) is 0 Å². The smallest absolute Gasteiger partial charge is 0.396 e. The van der Waals surface area contributed by atoms with Gasteiger partial charge >= 0.3 is 6.18 Å². The number of aliphatic hydroxyl groups excluding tert-OH is 2. The monoisotopic (exact) mass is 477 g/mol. The minimum Gasteiger partial charge on any atom is -0.476 e. The number of nitrogens with zero attached hydrogens (tertiary/aromatic N) is 3. The molecule has 2 aromatic rings. The lowest BCUT2D eigenvalue weighted by molar-refractivity contribution is -0.164. The van der Waals surface area contributed by atoms with Gasteiger partial charge in [0.1, 0.15) is 12.7 Å². The highest BCUT2D eigenvalue weighted by molar-refractivity contribution is 5.94. The van der Waals surface area contributed by atoms with E-state index < -0.39 is 36.6 Å². The van der Waals surface area contributed by atoms with Gasteiger partial charge in [0.05, 0.1) is 31.0 Å². The van der Waals surface area contributed by atoms with Gasteiger partial charge < -0.3 is 25.6 Å². The van der Waals surface area contributed by atoms with Crippen molar-refractivity contribution < 1.29 is 32.9 Å². The minimum absolute atomic E-state index is 0.0636. The topological polar surface area (TPSA) is 121 Å². The number of alkyl halides is 3. The molecule has 4 N–H and O–H groups in total. The van der Waals surface area contributed by atoms with Gasteiger partial charge in [-0.3, -0.25) is 4.79 Å². The third kappa shape index (κ3) is 5.13. The molecule has 0 saturated heterocycles. The van der Waals surface area contributed by atoms with Gasteiger partial charge in [-0.1, -0.05) is 24.3 Å². The molecule has 4 rings (SSSR count). The number of carbonyl (C=O) groups is 1. The third-order valence-electron chi connectivity index (χ3n) is 5.27. The molecule has 3 heterocycles. The summed E-state index contributed by atoms with van der Waals surface area (Å²) >= 11 is 0. The van der Waals surface area contributed by atoms with E-state index >= 15 is 0 Å². The molecule has 1 amide bonds. The van der Waals surface area contributed by atoms with Crippen LogP contribution in [-0.2, 0) is 4.74 Å². The molecule has 1 aliphatic heterocycles. The molecule has 0 saturated carbocycles. The molecule has 180 valence electrons. The maximum absolute atomic E-state index is 13.5. The summed E-state index contributed by atoms with van der Waals surface area (Å²) in [6.07, 6.45) is 4.43. The van der Waals surface area contributed by atoms with E-state index in [9.17, 15) is 23.1 Å². The first-order valence-corrected chi connectivity index (χ1v) is 10.4. The number of amides is 1. The van der Waals surface area contributed by atoms with Gasteiger partial charge in [0, 0.05) is 11.6 Å². The van der Waals surface area contributed by atoms with Gasteiger partial charge in [-0.25, -0.2) is 9.50 Å². The van der Waals surface area contributed by atoms with E-state index in [0.29, 0.717) is 17.2 Å². The number of hydrogen-bond donors (Lipinski definition) is 4. The summed E-state index contributed by atoms with van der Waals surface area (Å²) < 4.78 is 47.0. The number of fused-ring (bicyclic) bond motifs is 1. The number of aliphatic hydroxyl groups is 2. The first-order valence-electron chi connectivity index (χ1n) is 10.4. The standard InChI is InChI=1S/C22H22F3N5O4/c23-22(24,25)16-4-2-1-3-15(16)17-6-7-19-26-10-18(30(19)29-17)21(33)28-13-5-8-20(27-9-13)34-12-14(32)11-31/h1-8,10,14-16,27,31-32H,9,11-12H2,(H,28,33). The highest BCUT2D eigenvalue weighted by Crippen LogP contribution is 2.40. The molecular formula is C22H22F3N5O4. The van der Waals surface area contributed by atoms with Crippen LogP contribution in [0.25, 0.3) is 5.65 Å². The number of aromatic nitrogens is 3. The average Bonchev–Trinajstić information content (AvgIpc) is 3.26.